The second-order valence-corrected chi connectivity index (χ2v) is 11.4. The van der Waals surface area contributed by atoms with Crippen LogP contribution in [0.1, 0.15) is 30.8 Å². The second kappa shape index (κ2) is 13.0. The molecule has 1 N–H and O–H groups in total. The molecule has 0 amide bonds. The Morgan fingerprint density at radius 3 is 1.85 bits per heavy atom. The first-order valence-electron chi connectivity index (χ1n) is 13.6. The molecule has 1 heterocycles. The van der Waals surface area contributed by atoms with Crippen molar-refractivity contribution in [2.24, 2.45) is 0 Å². The molecule has 0 saturated heterocycles. The lowest BCUT2D eigenvalue weighted by Gasteiger charge is -2.27. The van der Waals surface area contributed by atoms with E-state index in [-0.39, 0.29) is 13.2 Å². The number of aromatic nitrogens is 2. The van der Waals surface area contributed by atoms with Crippen LogP contribution in [-0.2, 0) is 20.2 Å². The summed E-state index contributed by atoms with van der Waals surface area (Å²) in [5.74, 6) is -0.742. The zero-order valence-corrected chi connectivity index (χ0v) is 23.7. The maximum absolute atomic E-state index is 14.4. The number of benzene rings is 4. The molecule has 1 atom stereocenters. The molecule has 1 unspecified atom stereocenters. The minimum atomic E-state index is -3.64. The van der Waals surface area contributed by atoms with Crippen LogP contribution in [0.15, 0.2) is 121 Å². The summed E-state index contributed by atoms with van der Waals surface area (Å²) in [6.45, 7) is 4.66. The Kier molecular flexibility index (Phi) is 9.04. The Labute approximate surface area is 236 Å². The maximum atomic E-state index is 14.4. The standard InChI is InChI=1S/C33H34N3O3P/c1-3-38-40(37,39-4-2)33(34-24-26-14-8-5-9-15-26)31-25-36(30-18-12-7-13-19-30)35-32(31)29-22-20-28(21-23-29)27-16-10-6-11-17-27/h5-23,25,33-34H,3-4,24H2,1-2H3. The number of nitrogens with one attached hydrogen (secondary N) is 1. The molecule has 5 aromatic rings. The van der Waals surface area contributed by atoms with Crippen molar-refractivity contribution in [2.45, 2.75) is 26.2 Å². The third-order valence-corrected chi connectivity index (χ3v) is 8.93. The fourth-order valence-electron chi connectivity index (χ4n) is 4.72. The molecule has 1 aromatic heterocycles. The third kappa shape index (κ3) is 6.33. The quantitative estimate of drug-likeness (QED) is 0.158. The Balaban J connectivity index is 1.62. The normalized spacial score (nSPS) is 12.3. The highest BCUT2D eigenvalue weighted by molar-refractivity contribution is 7.54. The van der Waals surface area contributed by atoms with Gasteiger partial charge in [0, 0.05) is 23.9 Å². The van der Waals surface area contributed by atoms with E-state index in [0.29, 0.717) is 12.2 Å². The highest BCUT2D eigenvalue weighted by atomic mass is 31.2. The molecule has 7 heteroatoms. The number of nitrogens with zero attached hydrogens (tertiary/aromatic N) is 2. The third-order valence-electron chi connectivity index (χ3n) is 6.60. The van der Waals surface area contributed by atoms with Crippen LogP contribution in [0.5, 0.6) is 0 Å². The van der Waals surface area contributed by atoms with Crippen LogP contribution < -0.4 is 5.32 Å². The van der Waals surface area contributed by atoms with Gasteiger partial charge in [0.15, 0.2) is 0 Å². The number of hydrogen-bond acceptors (Lipinski definition) is 5. The second-order valence-electron chi connectivity index (χ2n) is 9.30. The van der Waals surface area contributed by atoms with E-state index >= 15 is 0 Å². The zero-order valence-electron chi connectivity index (χ0n) is 22.8. The molecule has 0 fully saturated rings. The van der Waals surface area contributed by atoms with Gasteiger partial charge in [0.2, 0.25) is 0 Å². The summed E-state index contributed by atoms with van der Waals surface area (Å²) in [5, 5.41) is 8.52. The van der Waals surface area contributed by atoms with Crippen LogP contribution >= 0.6 is 7.60 Å². The minimum Gasteiger partial charge on any atom is -0.308 e. The van der Waals surface area contributed by atoms with Crippen LogP contribution in [0.2, 0.25) is 0 Å². The first-order valence-corrected chi connectivity index (χ1v) is 15.2. The molecule has 6 nitrogen and oxygen atoms in total. The summed E-state index contributed by atoms with van der Waals surface area (Å²) >= 11 is 0. The lowest BCUT2D eigenvalue weighted by molar-refractivity contribution is 0.207. The number of para-hydroxylation sites is 1. The smallest absolute Gasteiger partial charge is 0.308 e. The first kappa shape index (κ1) is 27.8. The van der Waals surface area contributed by atoms with Crippen molar-refractivity contribution < 1.29 is 13.6 Å². The topological polar surface area (TPSA) is 65.4 Å². The fraction of sp³-hybridized carbons (Fsp3) is 0.182. The predicted octanol–water partition coefficient (Wildman–Crippen LogP) is 8.26. The van der Waals surface area contributed by atoms with Gasteiger partial charge in [-0.05, 0) is 42.7 Å². The van der Waals surface area contributed by atoms with Crippen molar-refractivity contribution in [3.05, 3.63) is 133 Å². The van der Waals surface area contributed by atoms with E-state index in [1.807, 2.05) is 104 Å². The van der Waals surface area contributed by atoms with Gasteiger partial charge in [-0.3, -0.25) is 9.88 Å². The monoisotopic (exact) mass is 551 g/mol. The largest absolute Gasteiger partial charge is 0.352 e. The van der Waals surface area contributed by atoms with E-state index in [4.69, 9.17) is 14.1 Å². The SMILES string of the molecule is CCOP(=O)(OCC)C(NCc1ccccc1)c1cn(-c2ccccc2)nc1-c1ccc(-c2ccccc2)cc1. The summed E-state index contributed by atoms with van der Waals surface area (Å²) in [5.41, 5.74) is 6.60. The fourth-order valence-corrected chi connectivity index (χ4v) is 6.66. The van der Waals surface area contributed by atoms with Gasteiger partial charge in [0.05, 0.1) is 24.6 Å². The highest BCUT2D eigenvalue weighted by Crippen LogP contribution is 2.60. The predicted molar refractivity (Wildman–Crippen MR) is 161 cm³/mol. The van der Waals surface area contributed by atoms with Crippen LogP contribution in [0.25, 0.3) is 28.1 Å². The van der Waals surface area contributed by atoms with Gasteiger partial charge in [-0.1, -0.05) is 103 Å². The Morgan fingerprint density at radius 1 is 0.725 bits per heavy atom. The van der Waals surface area contributed by atoms with E-state index in [0.717, 1.165) is 33.5 Å². The van der Waals surface area contributed by atoms with Gasteiger partial charge >= 0.3 is 7.60 Å². The van der Waals surface area contributed by atoms with Crippen LogP contribution in [0, 0.1) is 0 Å². The van der Waals surface area contributed by atoms with Crippen molar-refractivity contribution in [3.63, 3.8) is 0 Å². The molecule has 0 bridgehead atoms. The van der Waals surface area contributed by atoms with Crippen molar-refractivity contribution >= 4 is 7.60 Å². The van der Waals surface area contributed by atoms with E-state index in [9.17, 15) is 4.57 Å². The van der Waals surface area contributed by atoms with Gasteiger partial charge in [-0.25, -0.2) is 4.68 Å². The zero-order chi connectivity index (χ0) is 27.8. The summed E-state index contributed by atoms with van der Waals surface area (Å²) in [6, 6.07) is 38.5. The molecular formula is C33H34N3O3P. The van der Waals surface area contributed by atoms with Crippen LogP contribution in [-0.4, -0.2) is 23.0 Å². The molecule has 0 saturated carbocycles. The summed E-state index contributed by atoms with van der Waals surface area (Å²) in [6.07, 6.45) is 1.93. The van der Waals surface area contributed by atoms with Crippen LogP contribution in [0.4, 0.5) is 0 Å². The van der Waals surface area contributed by atoms with Crippen molar-refractivity contribution in [1.29, 1.82) is 0 Å². The number of rotatable bonds is 12. The Bertz CT molecular complexity index is 1530. The molecule has 204 valence electrons. The molecule has 5 rings (SSSR count). The van der Waals surface area contributed by atoms with Gasteiger partial charge in [-0.2, -0.15) is 5.10 Å². The summed E-state index contributed by atoms with van der Waals surface area (Å²) in [7, 11) is -3.64. The summed E-state index contributed by atoms with van der Waals surface area (Å²) < 4.78 is 28.0. The molecule has 0 aliphatic carbocycles. The lowest BCUT2D eigenvalue weighted by atomic mass is 10.0. The lowest BCUT2D eigenvalue weighted by Crippen LogP contribution is -2.23. The molecule has 0 aliphatic heterocycles. The maximum Gasteiger partial charge on any atom is 0.352 e. The highest BCUT2D eigenvalue weighted by Gasteiger charge is 2.39. The molecular weight excluding hydrogens is 517 g/mol. The molecule has 40 heavy (non-hydrogen) atoms. The number of hydrogen-bond donors (Lipinski definition) is 1. The molecule has 4 aromatic carbocycles. The average molecular weight is 552 g/mol. The molecule has 0 spiro atoms. The van der Waals surface area contributed by atoms with Gasteiger partial charge in [-0.15, -0.1) is 0 Å². The van der Waals surface area contributed by atoms with E-state index < -0.39 is 13.4 Å². The van der Waals surface area contributed by atoms with Gasteiger partial charge in [0.25, 0.3) is 0 Å². The Hall–Kier alpha value is -3.80. The van der Waals surface area contributed by atoms with Crippen molar-refractivity contribution in [3.8, 4) is 28.1 Å². The Morgan fingerprint density at radius 2 is 1.25 bits per heavy atom. The molecule has 0 radical (unpaired) electrons. The van der Waals surface area contributed by atoms with E-state index in [1.54, 1.807) is 0 Å². The van der Waals surface area contributed by atoms with Gasteiger partial charge in [0.1, 0.15) is 5.78 Å². The first-order chi connectivity index (χ1) is 19.6. The molecule has 0 aliphatic rings. The van der Waals surface area contributed by atoms with Crippen LogP contribution in [0.3, 0.4) is 0 Å². The summed E-state index contributed by atoms with van der Waals surface area (Å²) in [4.78, 5) is 0. The minimum absolute atomic E-state index is 0.259. The van der Waals surface area contributed by atoms with Gasteiger partial charge < -0.3 is 9.05 Å². The van der Waals surface area contributed by atoms with E-state index in [1.165, 1.54) is 0 Å². The van der Waals surface area contributed by atoms with Crippen molar-refractivity contribution in [1.82, 2.24) is 15.1 Å². The van der Waals surface area contributed by atoms with E-state index in [2.05, 4.69) is 41.7 Å². The average Bonchev–Trinajstić information content (AvgIpc) is 3.44. The van der Waals surface area contributed by atoms with Crippen molar-refractivity contribution in [2.75, 3.05) is 13.2 Å².